The number of hydrogen-bond acceptors (Lipinski definition) is 1. The highest BCUT2D eigenvalue weighted by atomic mass is 19.1. The minimum Gasteiger partial charge on any atom is -0.316 e. The van der Waals surface area contributed by atoms with Crippen molar-refractivity contribution in [1.82, 2.24) is 5.32 Å². The van der Waals surface area contributed by atoms with Gasteiger partial charge in [-0.05, 0) is 31.2 Å². The first kappa shape index (κ1) is 9.13. The third-order valence-corrected chi connectivity index (χ3v) is 1.78. The Hall–Kier alpha value is -0.960. The normalized spacial score (nSPS) is 10.3. The molecule has 0 amide bonds. The van der Waals surface area contributed by atoms with Crippen LogP contribution in [0.5, 0.6) is 0 Å². The molecule has 0 saturated heterocycles. The van der Waals surface area contributed by atoms with Crippen LogP contribution in [0.15, 0.2) is 12.1 Å². The van der Waals surface area contributed by atoms with Crippen LogP contribution in [0.3, 0.4) is 0 Å². The molecule has 1 rings (SSSR count). The van der Waals surface area contributed by atoms with Crippen LogP contribution >= 0.6 is 0 Å². The van der Waals surface area contributed by atoms with E-state index >= 15 is 0 Å². The maximum absolute atomic E-state index is 12.9. The largest absolute Gasteiger partial charge is 0.316 e. The molecule has 0 aliphatic carbocycles. The molecule has 1 aromatic rings. The van der Waals surface area contributed by atoms with E-state index in [1.165, 1.54) is 6.07 Å². The van der Waals surface area contributed by atoms with E-state index in [2.05, 4.69) is 5.32 Å². The van der Waals surface area contributed by atoms with E-state index < -0.39 is 11.6 Å². The molecule has 0 aliphatic heterocycles. The van der Waals surface area contributed by atoms with Crippen LogP contribution in [-0.4, -0.2) is 7.05 Å². The Morgan fingerprint density at radius 1 is 1.33 bits per heavy atom. The number of nitrogens with one attached hydrogen (secondary N) is 1. The Kier molecular flexibility index (Phi) is 2.76. The second-order valence-corrected chi connectivity index (χ2v) is 2.70. The molecule has 0 atom stereocenters. The number of halogens is 2. The Labute approximate surface area is 70.4 Å². The van der Waals surface area contributed by atoms with E-state index in [1.54, 1.807) is 14.0 Å². The molecule has 66 valence electrons. The first-order valence-electron chi connectivity index (χ1n) is 3.74. The van der Waals surface area contributed by atoms with Crippen LogP contribution < -0.4 is 5.32 Å². The van der Waals surface area contributed by atoms with Crippen LogP contribution in [0, 0.1) is 18.6 Å². The predicted octanol–water partition coefficient (Wildman–Crippen LogP) is 1.99. The molecule has 12 heavy (non-hydrogen) atoms. The molecule has 0 radical (unpaired) electrons. The molecule has 0 bridgehead atoms. The summed E-state index contributed by atoms with van der Waals surface area (Å²) in [5.41, 5.74) is 1.17. The highest BCUT2D eigenvalue weighted by Gasteiger charge is 2.05. The molecular formula is C9H11F2N. The van der Waals surface area contributed by atoms with Gasteiger partial charge in [0, 0.05) is 12.6 Å². The lowest BCUT2D eigenvalue weighted by molar-refractivity contribution is 0.571. The Morgan fingerprint density at radius 3 is 2.58 bits per heavy atom. The lowest BCUT2D eigenvalue weighted by Gasteiger charge is -2.05. The fourth-order valence-electron chi connectivity index (χ4n) is 1.07. The summed E-state index contributed by atoms with van der Waals surface area (Å²) < 4.78 is 25.6. The first-order valence-corrected chi connectivity index (χ1v) is 3.74. The van der Waals surface area contributed by atoms with Gasteiger partial charge in [-0.2, -0.15) is 0 Å². The third kappa shape index (κ3) is 1.80. The van der Waals surface area contributed by atoms with Crippen LogP contribution in [0.2, 0.25) is 0 Å². The molecule has 1 N–H and O–H groups in total. The van der Waals surface area contributed by atoms with Gasteiger partial charge in [-0.15, -0.1) is 0 Å². The molecule has 0 fully saturated rings. The zero-order valence-corrected chi connectivity index (χ0v) is 7.12. The van der Waals surface area contributed by atoms with Crippen molar-refractivity contribution in [2.75, 3.05) is 7.05 Å². The van der Waals surface area contributed by atoms with Crippen molar-refractivity contribution >= 4 is 0 Å². The highest BCUT2D eigenvalue weighted by Crippen LogP contribution is 2.14. The van der Waals surface area contributed by atoms with E-state index in [1.807, 2.05) is 0 Å². The van der Waals surface area contributed by atoms with Crippen molar-refractivity contribution in [3.05, 3.63) is 34.9 Å². The second-order valence-electron chi connectivity index (χ2n) is 2.70. The number of rotatable bonds is 2. The van der Waals surface area contributed by atoms with E-state index in [9.17, 15) is 8.78 Å². The van der Waals surface area contributed by atoms with E-state index in [-0.39, 0.29) is 0 Å². The number of benzene rings is 1. The predicted molar refractivity (Wildman–Crippen MR) is 43.9 cm³/mol. The van der Waals surface area contributed by atoms with Gasteiger partial charge in [-0.1, -0.05) is 0 Å². The third-order valence-electron chi connectivity index (χ3n) is 1.78. The highest BCUT2D eigenvalue weighted by molar-refractivity contribution is 5.27. The molecule has 0 heterocycles. The molecule has 3 heteroatoms. The topological polar surface area (TPSA) is 12.0 Å². The maximum Gasteiger partial charge on any atom is 0.129 e. The zero-order chi connectivity index (χ0) is 9.14. The van der Waals surface area contributed by atoms with Gasteiger partial charge in [0.2, 0.25) is 0 Å². The molecule has 0 spiro atoms. The summed E-state index contributed by atoms with van der Waals surface area (Å²) in [5.74, 6) is -1.01. The van der Waals surface area contributed by atoms with Crippen LogP contribution in [-0.2, 0) is 6.54 Å². The van der Waals surface area contributed by atoms with Crippen molar-refractivity contribution in [3.8, 4) is 0 Å². The van der Waals surface area contributed by atoms with Crippen molar-refractivity contribution in [1.29, 1.82) is 0 Å². The summed E-state index contributed by atoms with van der Waals surface area (Å²) in [6.07, 6.45) is 0. The fourth-order valence-corrected chi connectivity index (χ4v) is 1.07. The van der Waals surface area contributed by atoms with Crippen molar-refractivity contribution < 1.29 is 8.78 Å². The molecular weight excluding hydrogens is 160 g/mol. The Balaban J connectivity index is 3.09. The van der Waals surface area contributed by atoms with Gasteiger partial charge in [0.05, 0.1) is 0 Å². The minimum absolute atomic E-state index is 0.486. The van der Waals surface area contributed by atoms with Gasteiger partial charge < -0.3 is 5.32 Å². The van der Waals surface area contributed by atoms with Gasteiger partial charge in [0.15, 0.2) is 0 Å². The van der Waals surface area contributed by atoms with Crippen LogP contribution in [0.25, 0.3) is 0 Å². The van der Waals surface area contributed by atoms with E-state index in [0.717, 1.165) is 6.07 Å². The summed E-state index contributed by atoms with van der Waals surface area (Å²) in [7, 11) is 1.74. The van der Waals surface area contributed by atoms with Gasteiger partial charge in [-0.3, -0.25) is 0 Å². The van der Waals surface area contributed by atoms with E-state index in [0.29, 0.717) is 17.7 Å². The minimum atomic E-state index is -0.525. The Morgan fingerprint density at radius 2 is 2.00 bits per heavy atom. The molecule has 1 aromatic carbocycles. The lowest BCUT2D eigenvalue weighted by atomic mass is 10.1. The van der Waals surface area contributed by atoms with Crippen molar-refractivity contribution in [2.45, 2.75) is 13.5 Å². The Bertz CT molecular complexity index is 284. The molecule has 0 saturated carbocycles. The zero-order valence-electron chi connectivity index (χ0n) is 7.12. The molecule has 0 unspecified atom stereocenters. The van der Waals surface area contributed by atoms with Gasteiger partial charge in [0.25, 0.3) is 0 Å². The summed E-state index contributed by atoms with van der Waals surface area (Å²) >= 11 is 0. The average molecular weight is 171 g/mol. The summed E-state index contributed by atoms with van der Waals surface area (Å²) in [6.45, 7) is 2.13. The average Bonchev–Trinajstić information content (AvgIpc) is 2.00. The number of hydrogen-bond donors (Lipinski definition) is 1. The van der Waals surface area contributed by atoms with Crippen LogP contribution in [0.4, 0.5) is 8.78 Å². The van der Waals surface area contributed by atoms with Gasteiger partial charge in [0.1, 0.15) is 11.6 Å². The maximum atomic E-state index is 12.9. The standard InChI is InChI=1S/C9H11F2N/c1-6-7(5-12-2)3-8(10)4-9(6)11/h3-4,12H,5H2,1-2H3. The molecule has 0 aliphatic rings. The first-order chi connectivity index (χ1) is 5.65. The van der Waals surface area contributed by atoms with Crippen molar-refractivity contribution in [2.24, 2.45) is 0 Å². The monoisotopic (exact) mass is 171 g/mol. The van der Waals surface area contributed by atoms with E-state index in [4.69, 9.17) is 0 Å². The molecule has 1 nitrogen and oxygen atoms in total. The summed E-state index contributed by atoms with van der Waals surface area (Å²) in [6, 6.07) is 2.24. The summed E-state index contributed by atoms with van der Waals surface area (Å²) in [4.78, 5) is 0. The SMILES string of the molecule is CNCc1cc(F)cc(F)c1C. The second kappa shape index (κ2) is 3.63. The van der Waals surface area contributed by atoms with Gasteiger partial charge >= 0.3 is 0 Å². The quantitative estimate of drug-likeness (QED) is 0.717. The van der Waals surface area contributed by atoms with Gasteiger partial charge in [-0.25, -0.2) is 8.78 Å². The lowest BCUT2D eigenvalue weighted by Crippen LogP contribution is -2.08. The fraction of sp³-hybridized carbons (Fsp3) is 0.333. The van der Waals surface area contributed by atoms with Crippen LogP contribution in [0.1, 0.15) is 11.1 Å². The molecule has 0 aromatic heterocycles. The van der Waals surface area contributed by atoms with Crippen molar-refractivity contribution in [3.63, 3.8) is 0 Å². The summed E-state index contributed by atoms with van der Waals surface area (Å²) in [5, 5.41) is 2.85. The smallest absolute Gasteiger partial charge is 0.129 e.